The molecule has 1 aliphatic carbocycles. The van der Waals surface area contributed by atoms with E-state index in [2.05, 4.69) is 36.2 Å². The minimum absolute atomic E-state index is 0.109. The molecule has 0 amide bonds. The van der Waals surface area contributed by atoms with Crippen LogP contribution in [0, 0.1) is 0 Å². The van der Waals surface area contributed by atoms with Crippen molar-refractivity contribution in [2.75, 3.05) is 5.32 Å². The van der Waals surface area contributed by atoms with Crippen LogP contribution in [0.5, 0.6) is 0 Å². The summed E-state index contributed by atoms with van der Waals surface area (Å²) in [4.78, 5) is 11.6. The van der Waals surface area contributed by atoms with Gasteiger partial charge in [0.1, 0.15) is 17.8 Å². The van der Waals surface area contributed by atoms with Crippen molar-refractivity contribution in [3.05, 3.63) is 75.7 Å². The smallest absolute Gasteiger partial charge is 0.340 e. The molecule has 0 atom stereocenters. The number of nitrogens with zero attached hydrogens (tertiary/aromatic N) is 2. The van der Waals surface area contributed by atoms with Crippen LogP contribution in [-0.2, 0) is 0 Å². The minimum Gasteiger partial charge on any atom is -0.340 e. The van der Waals surface area contributed by atoms with E-state index in [1.165, 1.54) is 18.5 Å². The van der Waals surface area contributed by atoms with Crippen molar-refractivity contribution < 1.29 is 13.2 Å². The zero-order valence-corrected chi connectivity index (χ0v) is 17.0. The topological polar surface area (TPSA) is 53.6 Å². The molecule has 0 saturated carbocycles. The Hall–Kier alpha value is -2.58. The third kappa shape index (κ3) is 4.38. The van der Waals surface area contributed by atoms with E-state index in [4.69, 9.17) is 11.6 Å². The number of aromatic amines is 1. The number of halogens is 5. The molecule has 1 aromatic carbocycles. The summed E-state index contributed by atoms with van der Waals surface area (Å²) >= 11 is 9.28. The zero-order valence-electron chi connectivity index (χ0n) is 14.7. The highest BCUT2D eigenvalue weighted by molar-refractivity contribution is 9.10. The van der Waals surface area contributed by atoms with Crippen LogP contribution in [-0.4, -0.2) is 21.1 Å². The molecule has 29 heavy (non-hydrogen) atoms. The van der Waals surface area contributed by atoms with E-state index >= 15 is 0 Å². The number of fused-ring (bicyclic) bond motifs is 1. The monoisotopic (exact) mass is 480 g/mol. The van der Waals surface area contributed by atoms with E-state index < -0.39 is 11.7 Å². The molecule has 1 aliphatic rings. The summed E-state index contributed by atoms with van der Waals surface area (Å²) in [5.41, 5.74) is 1.84. The molecular formula is C20H13BrClF3N4. The first-order valence-electron chi connectivity index (χ1n) is 8.50. The second kappa shape index (κ2) is 7.68. The lowest BCUT2D eigenvalue weighted by Gasteiger charge is -2.12. The Labute approximate surface area is 177 Å². The van der Waals surface area contributed by atoms with E-state index in [0.717, 1.165) is 21.8 Å². The van der Waals surface area contributed by atoms with Gasteiger partial charge in [-0.25, -0.2) is 9.97 Å². The molecule has 0 fully saturated rings. The summed E-state index contributed by atoms with van der Waals surface area (Å²) in [5, 5.41) is 3.73. The average molecular weight is 482 g/mol. The molecule has 0 spiro atoms. The Bertz CT molecular complexity index is 1160. The Morgan fingerprint density at radius 2 is 1.86 bits per heavy atom. The summed E-state index contributed by atoms with van der Waals surface area (Å²) in [5.74, 6) is 0.394. The van der Waals surface area contributed by atoms with Gasteiger partial charge in [-0.2, -0.15) is 13.2 Å². The molecule has 0 unspecified atom stereocenters. The molecule has 0 aliphatic heterocycles. The van der Waals surface area contributed by atoms with Crippen molar-refractivity contribution in [2.24, 2.45) is 0 Å². The van der Waals surface area contributed by atoms with Crippen LogP contribution in [0.3, 0.4) is 0 Å². The normalized spacial score (nSPS) is 14.9. The molecule has 2 aromatic heterocycles. The summed E-state index contributed by atoms with van der Waals surface area (Å²) < 4.78 is 40.7. The van der Waals surface area contributed by atoms with Crippen molar-refractivity contribution in [3.8, 4) is 11.3 Å². The molecule has 3 aromatic rings. The first-order chi connectivity index (χ1) is 13.8. The number of alkyl halides is 3. The molecule has 2 N–H and O–H groups in total. The third-order valence-electron chi connectivity index (χ3n) is 4.34. The molecular weight excluding hydrogens is 469 g/mol. The Kier molecular flexibility index (Phi) is 5.23. The van der Waals surface area contributed by atoms with Gasteiger partial charge in [-0.05, 0) is 42.0 Å². The Morgan fingerprint density at radius 1 is 1.10 bits per heavy atom. The maximum Gasteiger partial charge on any atom is 0.413 e. The van der Waals surface area contributed by atoms with Gasteiger partial charge in [0.15, 0.2) is 0 Å². The lowest BCUT2D eigenvalue weighted by atomic mass is 10.1. The fraction of sp³-hybridized carbons (Fsp3) is 0.100. The second-order valence-electron chi connectivity index (χ2n) is 6.38. The SMILES string of the molecule is FC(F)(F)C1=CC(Nc2ncnc3[nH]c(-c4ccc(Br)cc4)cc23)=CC=C(Cl)C1. The van der Waals surface area contributed by atoms with Crippen molar-refractivity contribution >= 4 is 44.4 Å². The number of H-pyrrole nitrogens is 1. The van der Waals surface area contributed by atoms with Crippen LogP contribution in [0.15, 0.2) is 75.7 Å². The number of aromatic nitrogens is 3. The van der Waals surface area contributed by atoms with Gasteiger partial charge in [0, 0.05) is 32.9 Å². The number of rotatable bonds is 3. The van der Waals surface area contributed by atoms with E-state index in [-0.39, 0.29) is 17.2 Å². The fourth-order valence-corrected chi connectivity index (χ4v) is 3.40. The van der Waals surface area contributed by atoms with E-state index in [1.54, 1.807) is 0 Å². The van der Waals surface area contributed by atoms with Crippen molar-refractivity contribution in [3.63, 3.8) is 0 Å². The standard InChI is InChI=1S/C20H13BrClF3N4/c21-13-3-1-11(2-4-13)17-9-16-18(26-10-27-19(16)29-17)28-15-6-5-14(22)7-12(8-15)20(23,24)25/h1-6,8-10H,7H2,(H2,26,27,28,29). The van der Waals surface area contributed by atoms with E-state index in [0.29, 0.717) is 16.9 Å². The molecule has 2 heterocycles. The molecule has 9 heteroatoms. The zero-order chi connectivity index (χ0) is 20.6. The van der Waals surface area contributed by atoms with Crippen LogP contribution in [0.25, 0.3) is 22.3 Å². The molecule has 148 valence electrons. The Morgan fingerprint density at radius 3 is 2.59 bits per heavy atom. The molecule has 4 nitrogen and oxygen atoms in total. The number of benzene rings is 1. The van der Waals surface area contributed by atoms with Gasteiger partial charge in [0.25, 0.3) is 0 Å². The number of hydrogen-bond acceptors (Lipinski definition) is 3. The maximum absolute atomic E-state index is 13.2. The fourth-order valence-electron chi connectivity index (χ4n) is 2.93. The average Bonchev–Trinajstić information content (AvgIpc) is 3.01. The van der Waals surface area contributed by atoms with Crippen LogP contribution >= 0.6 is 27.5 Å². The minimum atomic E-state index is -4.47. The van der Waals surface area contributed by atoms with Crippen LogP contribution < -0.4 is 5.32 Å². The van der Waals surface area contributed by atoms with Crippen LogP contribution in [0.4, 0.5) is 19.0 Å². The summed E-state index contributed by atoms with van der Waals surface area (Å²) in [6, 6.07) is 9.57. The molecule has 0 bridgehead atoms. The van der Waals surface area contributed by atoms with Crippen molar-refractivity contribution in [1.82, 2.24) is 15.0 Å². The quantitative estimate of drug-likeness (QED) is 0.438. The lowest BCUT2D eigenvalue weighted by molar-refractivity contribution is -0.0930. The second-order valence-corrected chi connectivity index (χ2v) is 7.78. The number of allylic oxidation sites excluding steroid dienone is 5. The first kappa shape index (κ1) is 19.7. The molecule has 4 rings (SSSR count). The summed E-state index contributed by atoms with van der Waals surface area (Å²) in [6.45, 7) is 0. The predicted molar refractivity (Wildman–Crippen MR) is 111 cm³/mol. The maximum atomic E-state index is 13.2. The highest BCUT2D eigenvalue weighted by Gasteiger charge is 2.34. The third-order valence-corrected chi connectivity index (χ3v) is 5.13. The summed E-state index contributed by atoms with van der Waals surface area (Å²) in [7, 11) is 0. The lowest BCUT2D eigenvalue weighted by Crippen LogP contribution is -2.13. The van der Waals surface area contributed by atoms with Gasteiger partial charge in [-0.1, -0.05) is 39.7 Å². The number of nitrogens with one attached hydrogen (secondary N) is 2. The number of hydrogen-bond donors (Lipinski definition) is 2. The van der Waals surface area contributed by atoms with Crippen molar-refractivity contribution in [1.29, 1.82) is 0 Å². The van der Waals surface area contributed by atoms with Gasteiger partial charge in [0.05, 0.1) is 5.39 Å². The highest BCUT2D eigenvalue weighted by Crippen LogP contribution is 2.35. The number of anilines is 1. The van der Waals surface area contributed by atoms with Gasteiger partial charge >= 0.3 is 6.18 Å². The first-order valence-corrected chi connectivity index (χ1v) is 9.67. The van der Waals surface area contributed by atoms with Crippen molar-refractivity contribution in [2.45, 2.75) is 12.6 Å². The van der Waals surface area contributed by atoms with E-state index in [9.17, 15) is 13.2 Å². The Balaban J connectivity index is 1.72. The largest absolute Gasteiger partial charge is 0.413 e. The molecule has 0 saturated heterocycles. The predicted octanol–water partition coefficient (Wildman–Crippen LogP) is 6.70. The van der Waals surface area contributed by atoms with E-state index in [1.807, 2.05) is 30.3 Å². The van der Waals surface area contributed by atoms with Gasteiger partial charge in [-0.15, -0.1) is 0 Å². The van der Waals surface area contributed by atoms with Crippen LogP contribution in [0.2, 0.25) is 0 Å². The van der Waals surface area contributed by atoms with Gasteiger partial charge < -0.3 is 10.3 Å². The molecule has 0 radical (unpaired) electrons. The van der Waals surface area contributed by atoms with Gasteiger partial charge in [-0.3, -0.25) is 0 Å². The highest BCUT2D eigenvalue weighted by atomic mass is 79.9. The van der Waals surface area contributed by atoms with Crippen LogP contribution in [0.1, 0.15) is 6.42 Å². The summed E-state index contributed by atoms with van der Waals surface area (Å²) in [6.07, 6.45) is 0.495. The van der Waals surface area contributed by atoms with Gasteiger partial charge in [0.2, 0.25) is 0 Å².